The second-order valence-corrected chi connectivity index (χ2v) is 4.30. The van der Waals surface area contributed by atoms with Crippen molar-refractivity contribution in [2.45, 2.75) is 25.7 Å². The Morgan fingerprint density at radius 1 is 1.24 bits per heavy atom. The van der Waals surface area contributed by atoms with Crippen LogP contribution in [0.3, 0.4) is 0 Å². The van der Waals surface area contributed by atoms with Gasteiger partial charge >= 0.3 is 0 Å². The van der Waals surface area contributed by atoms with Crippen molar-refractivity contribution in [1.82, 2.24) is 5.32 Å². The SMILES string of the molecule is O=C(NCC1=CCCCC1)c1ccc(F)cc1. The van der Waals surface area contributed by atoms with Crippen molar-refractivity contribution in [3.8, 4) is 0 Å². The summed E-state index contributed by atoms with van der Waals surface area (Å²) in [5, 5.41) is 2.86. The Bertz CT molecular complexity index is 422. The maximum Gasteiger partial charge on any atom is 0.251 e. The minimum absolute atomic E-state index is 0.142. The predicted octanol–water partition coefficient (Wildman–Crippen LogP) is 3.06. The predicted molar refractivity (Wildman–Crippen MR) is 65.3 cm³/mol. The Labute approximate surface area is 101 Å². The van der Waals surface area contributed by atoms with E-state index < -0.39 is 0 Å². The van der Waals surface area contributed by atoms with Gasteiger partial charge in [-0.05, 0) is 49.9 Å². The summed E-state index contributed by atoms with van der Waals surface area (Å²) in [4.78, 5) is 11.7. The second kappa shape index (κ2) is 5.62. The molecule has 1 amide bonds. The van der Waals surface area contributed by atoms with Crippen LogP contribution < -0.4 is 5.32 Å². The van der Waals surface area contributed by atoms with E-state index in [0.717, 1.165) is 12.8 Å². The molecule has 0 aliphatic heterocycles. The summed E-state index contributed by atoms with van der Waals surface area (Å²) >= 11 is 0. The molecule has 90 valence electrons. The van der Waals surface area contributed by atoms with Crippen LogP contribution in [0.2, 0.25) is 0 Å². The molecule has 0 spiro atoms. The van der Waals surface area contributed by atoms with Crippen molar-refractivity contribution < 1.29 is 9.18 Å². The molecule has 0 radical (unpaired) electrons. The summed E-state index contributed by atoms with van der Waals surface area (Å²) in [6.45, 7) is 0.607. The molecule has 0 bridgehead atoms. The molecule has 3 heteroatoms. The van der Waals surface area contributed by atoms with E-state index in [2.05, 4.69) is 11.4 Å². The number of hydrogen-bond donors (Lipinski definition) is 1. The molecule has 1 aromatic rings. The molecule has 0 fully saturated rings. The third-order valence-electron chi connectivity index (χ3n) is 2.97. The zero-order valence-electron chi connectivity index (χ0n) is 9.71. The van der Waals surface area contributed by atoms with E-state index in [0.29, 0.717) is 12.1 Å². The molecule has 0 aromatic heterocycles. The van der Waals surface area contributed by atoms with Gasteiger partial charge in [0.05, 0.1) is 0 Å². The highest BCUT2D eigenvalue weighted by atomic mass is 19.1. The maximum absolute atomic E-state index is 12.7. The van der Waals surface area contributed by atoms with Gasteiger partial charge in [0, 0.05) is 12.1 Å². The Kier molecular flexibility index (Phi) is 3.91. The van der Waals surface area contributed by atoms with Gasteiger partial charge in [-0.1, -0.05) is 11.6 Å². The van der Waals surface area contributed by atoms with Crippen molar-refractivity contribution in [3.05, 3.63) is 47.3 Å². The van der Waals surface area contributed by atoms with E-state index in [9.17, 15) is 9.18 Å². The molecule has 17 heavy (non-hydrogen) atoms. The van der Waals surface area contributed by atoms with E-state index in [1.165, 1.54) is 42.7 Å². The first-order valence-corrected chi connectivity index (χ1v) is 5.97. The molecule has 1 aliphatic rings. The van der Waals surface area contributed by atoms with Crippen LogP contribution in [-0.2, 0) is 0 Å². The minimum atomic E-state index is -0.323. The zero-order chi connectivity index (χ0) is 12.1. The monoisotopic (exact) mass is 233 g/mol. The standard InChI is InChI=1S/C14H16FNO/c15-13-8-6-12(7-9-13)14(17)16-10-11-4-2-1-3-5-11/h4,6-9H,1-3,5,10H2,(H,16,17). The molecule has 0 saturated carbocycles. The third kappa shape index (κ3) is 3.41. The first-order valence-electron chi connectivity index (χ1n) is 5.97. The number of amides is 1. The van der Waals surface area contributed by atoms with Crippen LogP contribution in [0.15, 0.2) is 35.9 Å². The van der Waals surface area contributed by atoms with Crippen molar-refractivity contribution in [1.29, 1.82) is 0 Å². The van der Waals surface area contributed by atoms with Crippen LogP contribution in [0.25, 0.3) is 0 Å². The average molecular weight is 233 g/mol. The van der Waals surface area contributed by atoms with Gasteiger partial charge in [-0.3, -0.25) is 4.79 Å². The Balaban J connectivity index is 1.88. The number of halogens is 1. The van der Waals surface area contributed by atoms with Crippen LogP contribution in [0.4, 0.5) is 4.39 Å². The second-order valence-electron chi connectivity index (χ2n) is 4.30. The molecule has 1 N–H and O–H groups in total. The van der Waals surface area contributed by atoms with Crippen LogP contribution in [-0.4, -0.2) is 12.5 Å². The van der Waals surface area contributed by atoms with Gasteiger partial charge in [-0.25, -0.2) is 4.39 Å². The highest BCUT2D eigenvalue weighted by Gasteiger charge is 2.07. The van der Waals surface area contributed by atoms with E-state index >= 15 is 0 Å². The zero-order valence-corrected chi connectivity index (χ0v) is 9.71. The van der Waals surface area contributed by atoms with E-state index in [-0.39, 0.29) is 11.7 Å². The highest BCUT2D eigenvalue weighted by Crippen LogP contribution is 2.16. The quantitative estimate of drug-likeness (QED) is 0.799. The van der Waals surface area contributed by atoms with Gasteiger partial charge < -0.3 is 5.32 Å². The van der Waals surface area contributed by atoms with Crippen molar-refractivity contribution in [2.24, 2.45) is 0 Å². The number of carbonyl (C=O) groups is 1. The smallest absolute Gasteiger partial charge is 0.251 e. The Morgan fingerprint density at radius 2 is 2.00 bits per heavy atom. The Morgan fingerprint density at radius 3 is 2.65 bits per heavy atom. The highest BCUT2D eigenvalue weighted by molar-refractivity contribution is 5.94. The third-order valence-corrected chi connectivity index (χ3v) is 2.97. The fraction of sp³-hybridized carbons (Fsp3) is 0.357. The fourth-order valence-electron chi connectivity index (χ4n) is 1.96. The largest absolute Gasteiger partial charge is 0.348 e. The molecular weight excluding hydrogens is 217 g/mol. The normalized spacial score (nSPS) is 15.2. The molecule has 2 nitrogen and oxygen atoms in total. The summed E-state index contributed by atoms with van der Waals surface area (Å²) in [6, 6.07) is 5.60. The molecule has 2 rings (SSSR count). The minimum Gasteiger partial charge on any atom is -0.348 e. The van der Waals surface area contributed by atoms with Gasteiger partial charge in [0.25, 0.3) is 5.91 Å². The summed E-state index contributed by atoms with van der Waals surface area (Å²) in [6.07, 6.45) is 6.84. The lowest BCUT2D eigenvalue weighted by molar-refractivity contribution is 0.0956. The van der Waals surface area contributed by atoms with Gasteiger partial charge in [0.1, 0.15) is 5.82 Å². The number of carbonyl (C=O) groups excluding carboxylic acids is 1. The lowest BCUT2D eigenvalue weighted by Gasteiger charge is -2.13. The molecular formula is C14H16FNO. The molecule has 0 saturated heterocycles. The summed E-state index contributed by atoms with van der Waals surface area (Å²) in [7, 11) is 0. The van der Waals surface area contributed by atoms with E-state index in [4.69, 9.17) is 0 Å². The van der Waals surface area contributed by atoms with Gasteiger partial charge in [-0.2, -0.15) is 0 Å². The number of allylic oxidation sites excluding steroid dienone is 1. The maximum atomic E-state index is 12.7. The molecule has 0 atom stereocenters. The summed E-state index contributed by atoms with van der Waals surface area (Å²) < 4.78 is 12.7. The first-order chi connectivity index (χ1) is 8.25. The number of benzene rings is 1. The van der Waals surface area contributed by atoms with Crippen LogP contribution in [0.1, 0.15) is 36.0 Å². The molecule has 0 heterocycles. The van der Waals surface area contributed by atoms with Crippen LogP contribution in [0.5, 0.6) is 0 Å². The Hall–Kier alpha value is -1.64. The van der Waals surface area contributed by atoms with E-state index in [1.807, 2.05) is 0 Å². The van der Waals surface area contributed by atoms with Crippen molar-refractivity contribution >= 4 is 5.91 Å². The number of rotatable bonds is 3. The lowest BCUT2D eigenvalue weighted by Crippen LogP contribution is -2.26. The summed E-state index contributed by atoms with van der Waals surface area (Å²) in [5.74, 6) is -0.465. The summed E-state index contributed by atoms with van der Waals surface area (Å²) in [5.41, 5.74) is 1.80. The van der Waals surface area contributed by atoms with Crippen LogP contribution in [0, 0.1) is 5.82 Å². The van der Waals surface area contributed by atoms with Crippen molar-refractivity contribution in [2.75, 3.05) is 6.54 Å². The fourth-order valence-corrected chi connectivity index (χ4v) is 1.96. The van der Waals surface area contributed by atoms with Crippen molar-refractivity contribution in [3.63, 3.8) is 0 Å². The molecule has 1 aromatic carbocycles. The van der Waals surface area contributed by atoms with Gasteiger partial charge in [0.2, 0.25) is 0 Å². The first kappa shape index (κ1) is 11.8. The van der Waals surface area contributed by atoms with Gasteiger partial charge in [0.15, 0.2) is 0 Å². The average Bonchev–Trinajstić information content (AvgIpc) is 2.38. The number of hydrogen-bond acceptors (Lipinski definition) is 1. The molecule has 0 unspecified atom stereocenters. The van der Waals surface area contributed by atoms with E-state index in [1.54, 1.807) is 0 Å². The van der Waals surface area contributed by atoms with Crippen LogP contribution >= 0.6 is 0 Å². The lowest BCUT2D eigenvalue weighted by atomic mass is 9.99. The van der Waals surface area contributed by atoms with Gasteiger partial charge in [-0.15, -0.1) is 0 Å². The number of nitrogens with one attached hydrogen (secondary N) is 1. The molecule has 1 aliphatic carbocycles. The topological polar surface area (TPSA) is 29.1 Å².